The van der Waals surface area contributed by atoms with Crippen molar-refractivity contribution in [2.45, 2.75) is 57.3 Å². The van der Waals surface area contributed by atoms with Crippen LogP contribution in [0.25, 0.3) is 11.3 Å². The highest BCUT2D eigenvalue weighted by Gasteiger charge is 2.56. The first-order chi connectivity index (χ1) is 19.9. The Bertz CT molecular complexity index is 1390. The van der Waals surface area contributed by atoms with E-state index in [2.05, 4.69) is 23.7 Å². The molecule has 0 bridgehead atoms. The number of ether oxygens (including phenoxy) is 2. The fourth-order valence-electron chi connectivity index (χ4n) is 4.99. The van der Waals surface area contributed by atoms with Crippen LogP contribution in [-0.2, 0) is 5.60 Å². The van der Waals surface area contributed by atoms with E-state index < -0.39 is 36.1 Å². The van der Waals surface area contributed by atoms with Crippen LogP contribution >= 0.6 is 0 Å². The summed E-state index contributed by atoms with van der Waals surface area (Å²) < 4.78 is 54.5. The minimum atomic E-state index is -5.09. The van der Waals surface area contributed by atoms with Crippen LogP contribution in [0.3, 0.4) is 0 Å². The predicted octanol–water partition coefficient (Wildman–Crippen LogP) is 5.66. The van der Waals surface area contributed by atoms with Crippen LogP contribution in [0.4, 0.5) is 13.2 Å². The number of nitrogens with zero attached hydrogens (tertiary/aromatic N) is 2. The van der Waals surface area contributed by atoms with Gasteiger partial charge in [-0.25, -0.2) is 4.98 Å². The van der Waals surface area contributed by atoms with Gasteiger partial charge >= 0.3 is 6.18 Å². The average molecular weight is 587 g/mol. The summed E-state index contributed by atoms with van der Waals surface area (Å²) >= 11 is 0. The van der Waals surface area contributed by atoms with E-state index in [9.17, 15) is 23.1 Å². The number of pyridine rings is 1. The molecule has 3 aromatic rings. The van der Waals surface area contributed by atoms with Crippen LogP contribution in [0.5, 0.6) is 11.5 Å². The van der Waals surface area contributed by atoms with Crippen LogP contribution < -0.4 is 9.47 Å². The summed E-state index contributed by atoms with van der Waals surface area (Å²) in [6, 6.07) is 15.0. The highest BCUT2D eigenvalue weighted by Crippen LogP contribution is 2.44. The predicted molar refractivity (Wildman–Crippen MR) is 153 cm³/mol. The van der Waals surface area contributed by atoms with Gasteiger partial charge in [0.25, 0.3) is 0 Å². The van der Waals surface area contributed by atoms with Gasteiger partial charge in [0.05, 0.1) is 25.1 Å². The largest absolute Gasteiger partial charge is 0.493 e. The third-order valence-corrected chi connectivity index (χ3v) is 7.75. The molecule has 1 saturated heterocycles. The Labute approximate surface area is 243 Å². The summed E-state index contributed by atoms with van der Waals surface area (Å²) in [4.78, 5) is 19.6. The Morgan fingerprint density at radius 1 is 1.07 bits per heavy atom. The minimum absolute atomic E-state index is 0.00324. The lowest BCUT2D eigenvalue weighted by atomic mass is 9.85. The van der Waals surface area contributed by atoms with E-state index in [1.54, 1.807) is 18.2 Å². The van der Waals surface area contributed by atoms with E-state index in [1.807, 2.05) is 19.1 Å². The highest BCUT2D eigenvalue weighted by molar-refractivity contribution is 5.96. The zero-order chi connectivity index (χ0) is 30.7. The topological polar surface area (TPSA) is 92.1 Å². The number of carbonyl (C=O) groups excluding carboxylic acids is 1. The van der Waals surface area contributed by atoms with Gasteiger partial charge in [-0.2, -0.15) is 13.2 Å². The Balaban J connectivity index is 1.67. The number of Topliss-reactive ketones (excluding diaryl/α,β-unsaturated/α-hetero) is 1. The Morgan fingerprint density at radius 2 is 1.76 bits per heavy atom. The molecule has 2 heterocycles. The Morgan fingerprint density at radius 3 is 2.36 bits per heavy atom. The van der Waals surface area contributed by atoms with Crippen LogP contribution in [0.15, 0.2) is 54.6 Å². The van der Waals surface area contributed by atoms with E-state index in [0.29, 0.717) is 36.0 Å². The van der Waals surface area contributed by atoms with Crippen molar-refractivity contribution in [2.75, 3.05) is 33.4 Å². The second-order valence-corrected chi connectivity index (χ2v) is 11.0. The number of ketones is 1. The molecular formula is C32H37F3N2O5. The zero-order valence-electron chi connectivity index (χ0n) is 24.2. The van der Waals surface area contributed by atoms with Crippen molar-refractivity contribution in [3.8, 4) is 22.8 Å². The fraction of sp³-hybridized carbons (Fsp3) is 0.438. The third kappa shape index (κ3) is 6.77. The summed E-state index contributed by atoms with van der Waals surface area (Å²) in [5.74, 6) is -0.123. The second kappa shape index (κ2) is 12.8. The summed E-state index contributed by atoms with van der Waals surface area (Å²) in [6.07, 6.45) is -6.59. The van der Waals surface area contributed by atoms with Gasteiger partial charge in [-0.15, -0.1) is 0 Å². The van der Waals surface area contributed by atoms with Gasteiger partial charge in [0, 0.05) is 42.6 Å². The SMILES string of the molecule is COc1cc(C(=O)CCC(O)(c2cc(C3CN(C(C)C)C3)cc(-c3ccc(C)cc3)n2)C(F)(F)F)ccc1OCCO. The molecule has 1 unspecified atom stereocenters. The van der Waals surface area contributed by atoms with E-state index in [0.717, 1.165) is 5.56 Å². The van der Waals surface area contributed by atoms with E-state index in [1.165, 1.54) is 31.4 Å². The number of carbonyl (C=O) groups is 1. The highest BCUT2D eigenvalue weighted by atomic mass is 19.4. The smallest absolute Gasteiger partial charge is 0.422 e. The normalized spacial score (nSPS) is 15.8. The van der Waals surface area contributed by atoms with Crippen LogP contribution in [0.1, 0.15) is 59.8 Å². The first-order valence-electron chi connectivity index (χ1n) is 13.9. The van der Waals surface area contributed by atoms with Gasteiger partial charge < -0.3 is 19.7 Å². The molecule has 42 heavy (non-hydrogen) atoms. The van der Waals surface area contributed by atoms with E-state index in [4.69, 9.17) is 14.6 Å². The number of alkyl halides is 3. The van der Waals surface area contributed by atoms with Crippen molar-refractivity contribution < 1.29 is 37.7 Å². The number of hydrogen-bond acceptors (Lipinski definition) is 7. The molecule has 10 heteroatoms. The number of aromatic nitrogens is 1. The molecule has 0 amide bonds. The Hall–Kier alpha value is -3.47. The third-order valence-electron chi connectivity index (χ3n) is 7.75. The molecule has 0 saturated carbocycles. The monoisotopic (exact) mass is 586 g/mol. The molecule has 0 radical (unpaired) electrons. The molecule has 4 rings (SSSR count). The van der Waals surface area contributed by atoms with E-state index >= 15 is 0 Å². The van der Waals surface area contributed by atoms with Crippen LogP contribution in [-0.4, -0.2) is 71.5 Å². The van der Waals surface area contributed by atoms with Crippen molar-refractivity contribution in [3.05, 3.63) is 77.0 Å². The molecule has 1 atom stereocenters. The number of aliphatic hydroxyl groups excluding tert-OH is 1. The number of methoxy groups -OCH3 is 1. The quantitative estimate of drug-likeness (QED) is 0.265. The molecule has 1 fully saturated rings. The maximum Gasteiger partial charge on any atom is 0.422 e. The Kier molecular flexibility index (Phi) is 9.60. The second-order valence-electron chi connectivity index (χ2n) is 11.0. The van der Waals surface area contributed by atoms with Crippen molar-refractivity contribution in [3.63, 3.8) is 0 Å². The molecule has 7 nitrogen and oxygen atoms in total. The van der Waals surface area contributed by atoms with Crippen molar-refractivity contribution in [2.24, 2.45) is 0 Å². The first kappa shape index (κ1) is 31.5. The number of aryl methyl sites for hydroxylation is 1. The van der Waals surface area contributed by atoms with Crippen molar-refractivity contribution in [1.29, 1.82) is 0 Å². The van der Waals surface area contributed by atoms with Gasteiger partial charge in [0.1, 0.15) is 6.61 Å². The lowest BCUT2D eigenvalue weighted by Crippen LogP contribution is -2.49. The van der Waals surface area contributed by atoms with Gasteiger partial charge in [-0.3, -0.25) is 9.69 Å². The van der Waals surface area contributed by atoms with Crippen molar-refractivity contribution in [1.82, 2.24) is 9.88 Å². The number of benzene rings is 2. The zero-order valence-corrected chi connectivity index (χ0v) is 24.2. The summed E-state index contributed by atoms with van der Waals surface area (Å²) in [6.45, 7) is 7.22. The number of aliphatic hydroxyl groups is 2. The number of halogens is 3. The standard InChI is InChI=1S/C32H37F3N2O5/c1-20(2)37-18-25(19-37)24-15-26(22-7-5-21(3)6-8-22)36-30(17-24)31(40,32(33,34)35)12-11-27(39)23-9-10-28(42-14-13-38)29(16-23)41-4/h5-10,15-17,20,25,38,40H,11-14,18-19H2,1-4H3. The first-order valence-corrected chi connectivity index (χ1v) is 13.9. The van der Waals surface area contributed by atoms with Gasteiger partial charge in [-0.1, -0.05) is 29.8 Å². The number of rotatable bonds is 12. The molecule has 2 aromatic carbocycles. The number of hydrogen-bond donors (Lipinski definition) is 2. The fourth-order valence-corrected chi connectivity index (χ4v) is 4.99. The van der Waals surface area contributed by atoms with E-state index in [-0.39, 0.29) is 36.2 Å². The molecular weight excluding hydrogens is 549 g/mol. The molecule has 1 aliphatic rings. The molecule has 0 spiro atoms. The number of likely N-dealkylation sites (tertiary alicyclic amines) is 1. The van der Waals surface area contributed by atoms with Gasteiger partial charge in [0.2, 0.25) is 5.60 Å². The van der Waals surface area contributed by atoms with Crippen LogP contribution in [0.2, 0.25) is 0 Å². The van der Waals surface area contributed by atoms with Crippen molar-refractivity contribution >= 4 is 5.78 Å². The average Bonchev–Trinajstić information content (AvgIpc) is 2.93. The van der Waals surface area contributed by atoms with Gasteiger partial charge in [0.15, 0.2) is 17.3 Å². The molecule has 226 valence electrons. The van der Waals surface area contributed by atoms with Crippen LogP contribution in [0, 0.1) is 6.92 Å². The van der Waals surface area contributed by atoms with Gasteiger partial charge in [-0.05, 0) is 63.1 Å². The summed E-state index contributed by atoms with van der Waals surface area (Å²) in [5.41, 5.74) is -1.13. The molecule has 2 N–H and O–H groups in total. The molecule has 0 aliphatic carbocycles. The lowest BCUT2D eigenvalue weighted by Gasteiger charge is -2.43. The summed E-state index contributed by atoms with van der Waals surface area (Å²) in [7, 11) is 1.37. The maximum atomic E-state index is 14.7. The molecule has 1 aliphatic heterocycles. The maximum absolute atomic E-state index is 14.7. The lowest BCUT2D eigenvalue weighted by molar-refractivity contribution is -0.270. The summed E-state index contributed by atoms with van der Waals surface area (Å²) in [5, 5.41) is 20.3. The minimum Gasteiger partial charge on any atom is -0.493 e. The molecule has 1 aromatic heterocycles.